The second kappa shape index (κ2) is 5.88. The Morgan fingerprint density at radius 2 is 2.06 bits per heavy atom. The Labute approximate surface area is 101 Å². The van der Waals surface area contributed by atoms with E-state index >= 15 is 0 Å². The quantitative estimate of drug-likeness (QED) is 0.642. The molecule has 17 heavy (non-hydrogen) atoms. The Balaban J connectivity index is 2.08. The van der Waals surface area contributed by atoms with Gasteiger partial charge in [-0.3, -0.25) is 0 Å². The summed E-state index contributed by atoms with van der Waals surface area (Å²) in [6, 6.07) is 9.92. The van der Waals surface area contributed by atoms with E-state index in [4.69, 9.17) is 5.11 Å². The van der Waals surface area contributed by atoms with Gasteiger partial charge in [0, 0.05) is 19.2 Å². The minimum absolute atomic E-state index is 0.192. The summed E-state index contributed by atoms with van der Waals surface area (Å²) < 4.78 is 1.80. The second-order valence-electron chi connectivity index (χ2n) is 3.64. The van der Waals surface area contributed by atoms with Crippen molar-refractivity contribution in [2.75, 3.05) is 6.61 Å². The summed E-state index contributed by atoms with van der Waals surface area (Å²) >= 11 is 0. The standard InChI is InChI=1S/C14H14N2O/c17-10-6-2-3-7-13-11-15-16(12-13)14-8-4-1-5-9-14/h1,4-5,8-9,11-12,17H,2,6,10H2. The number of aliphatic hydroxyl groups is 1. The van der Waals surface area contributed by atoms with Gasteiger partial charge in [0.15, 0.2) is 0 Å². The van der Waals surface area contributed by atoms with Crippen LogP contribution in [-0.4, -0.2) is 21.5 Å². The van der Waals surface area contributed by atoms with Crippen LogP contribution >= 0.6 is 0 Å². The Kier molecular flexibility index (Phi) is 3.95. The second-order valence-corrected chi connectivity index (χ2v) is 3.64. The van der Waals surface area contributed by atoms with E-state index in [1.54, 1.807) is 10.9 Å². The lowest BCUT2D eigenvalue weighted by atomic mass is 10.3. The van der Waals surface area contributed by atoms with Gasteiger partial charge in [0.25, 0.3) is 0 Å². The minimum atomic E-state index is 0.192. The van der Waals surface area contributed by atoms with Gasteiger partial charge in [-0.05, 0) is 18.6 Å². The van der Waals surface area contributed by atoms with E-state index in [0.717, 1.165) is 17.7 Å². The zero-order valence-corrected chi connectivity index (χ0v) is 9.50. The molecule has 1 N–H and O–H groups in total. The molecule has 0 radical (unpaired) electrons. The Hall–Kier alpha value is -2.05. The third-order valence-corrected chi connectivity index (χ3v) is 2.30. The van der Waals surface area contributed by atoms with Crippen LogP contribution in [0.15, 0.2) is 42.7 Å². The first-order valence-corrected chi connectivity index (χ1v) is 5.60. The lowest BCUT2D eigenvalue weighted by Gasteiger charge is -1.98. The van der Waals surface area contributed by atoms with Crippen LogP contribution in [0.4, 0.5) is 0 Å². The summed E-state index contributed by atoms with van der Waals surface area (Å²) in [6.45, 7) is 0.192. The largest absolute Gasteiger partial charge is 0.396 e. The molecule has 1 heterocycles. The van der Waals surface area contributed by atoms with Crippen molar-refractivity contribution in [1.82, 2.24) is 9.78 Å². The maximum atomic E-state index is 8.63. The van der Waals surface area contributed by atoms with E-state index < -0.39 is 0 Å². The van der Waals surface area contributed by atoms with E-state index in [2.05, 4.69) is 16.9 Å². The normalized spacial score (nSPS) is 9.71. The first-order chi connectivity index (χ1) is 8.40. The molecule has 1 aromatic carbocycles. The molecule has 0 saturated heterocycles. The van der Waals surface area contributed by atoms with Crippen molar-refractivity contribution in [3.8, 4) is 17.5 Å². The molecule has 1 aromatic heterocycles. The molecule has 0 atom stereocenters. The molecule has 3 heteroatoms. The highest BCUT2D eigenvalue weighted by Gasteiger charge is 1.97. The third-order valence-electron chi connectivity index (χ3n) is 2.30. The third kappa shape index (κ3) is 3.20. The monoisotopic (exact) mass is 226 g/mol. The molecule has 0 unspecified atom stereocenters. The highest BCUT2D eigenvalue weighted by Crippen LogP contribution is 2.06. The fourth-order valence-electron chi connectivity index (χ4n) is 1.44. The molecule has 2 rings (SSSR count). The molecule has 86 valence electrons. The van der Waals surface area contributed by atoms with Gasteiger partial charge >= 0.3 is 0 Å². The molecule has 0 bridgehead atoms. The van der Waals surface area contributed by atoms with Crippen LogP contribution < -0.4 is 0 Å². The Morgan fingerprint density at radius 1 is 1.24 bits per heavy atom. The van der Waals surface area contributed by atoms with Gasteiger partial charge in [-0.15, -0.1) is 0 Å². The molecule has 0 fully saturated rings. The number of hydrogen-bond acceptors (Lipinski definition) is 2. The minimum Gasteiger partial charge on any atom is -0.396 e. The molecule has 0 aliphatic carbocycles. The molecule has 0 spiro atoms. The summed E-state index contributed by atoms with van der Waals surface area (Å²) in [5, 5.41) is 12.9. The molecular weight excluding hydrogens is 212 g/mol. The van der Waals surface area contributed by atoms with E-state index in [1.165, 1.54) is 0 Å². The van der Waals surface area contributed by atoms with E-state index in [9.17, 15) is 0 Å². The van der Waals surface area contributed by atoms with Gasteiger partial charge in [-0.1, -0.05) is 30.0 Å². The highest BCUT2D eigenvalue weighted by atomic mass is 16.2. The number of aliphatic hydroxyl groups excluding tert-OH is 1. The van der Waals surface area contributed by atoms with Crippen LogP contribution in [0.25, 0.3) is 5.69 Å². The van der Waals surface area contributed by atoms with Crippen LogP contribution in [0, 0.1) is 11.8 Å². The first kappa shape index (κ1) is 11.4. The van der Waals surface area contributed by atoms with Gasteiger partial charge < -0.3 is 5.11 Å². The molecule has 3 nitrogen and oxygen atoms in total. The topological polar surface area (TPSA) is 38.1 Å². The maximum absolute atomic E-state index is 8.63. The molecule has 0 aliphatic heterocycles. The predicted molar refractivity (Wildman–Crippen MR) is 66.8 cm³/mol. The van der Waals surface area contributed by atoms with Crippen molar-refractivity contribution in [2.24, 2.45) is 0 Å². The van der Waals surface area contributed by atoms with Gasteiger partial charge in [-0.25, -0.2) is 4.68 Å². The predicted octanol–water partition coefficient (Wildman–Crippen LogP) is 2.00. The summed E-state index contributed by atoms with van der Waals surface area (Å²) in [4.78, 5) is 0. The number of unbranched alkanes of at least 4 members (excludes halogenated alkanes) is 1. The van der Waals surface area contributed by atoms with Gasteiger partial charge in [0.1, 0.15) is 0 Å². The van der Waals surface area contributed by atoms with E-state index in [0.29, 0.717) is 6.42 Å². The fourth-order valence-corrected chi connectivity index (χ4v) is 1.44. The molecule has 0 amide bonds. The van der Waals surface area contributed by atoms with E-state index in [-0.39, 0.29) is 6.61 Å². The molecule has 0 aliphatic rings. The van der Waals surface area contributed by atoms with Gasteiger partial charge in [0.05, 0.1) is 17.4 Å². The van der Waals surface area contributed by atoms with Crippen molar-refractivity contribution >= 4 is 0 Å². The summed E-state index contributed by atoms with van der Waals surface area (Å²) in [7, 11) is 0. The van der Waals surface area contributed by atoms with Crippen LogP contribution in [0.5, 0.6) is 0 Å². The van der Waals surface area contributed by atoms with Crippen molar-refractivity contribution in [1.29, 1.82) is 0 Å². The van der Waals surface area contributed by atoms with Crippen molar-refractivity contribution in [2.45, 2.75) is 12.8 Å². The number of hydrogen-bond donors (Lipinski definition) is 1. The summed E-state index contributed by atoms with van der Waals surface area (Å²) in [6.07, 6.45) is 5.09. The van der Waals surface area contributed by atoms with Crippen LogP contribution in [0.1, 0.15) is 18.4 Å². The average Bonchev–Trinajstić information content (AvgIpc) is 2.85. The zero-order valence-electron chi connectivity index (χ0n) is 9.50. The van der Waals surface area contributed by atoms with Crippen molar-refractivity contribution < 1.29 is 5.11 Å². The highest BCUT2D eigenvalue weighted by molar-refractivity contribution is 5.35. The summed E-state index contributed by atoms with van der Waals surface area (Å²) in [5.41, 5.74) is 1.92. The Morgan fingerprint density at radius 3 is 2.82 bits per heavy atom. The zero-order chi connectivity index (χ0) is 11.9. The lowest BCUT2D eigenvalue weighted by molar-refractivity contribution is 0.290. The van der Waals surface area contributed by atoms with Crippen LogP contribution in [0.3, 0.4) is 0 Å². The number of aromatic nitrogens is 2. The number of benzene rings is 1. The fraction of sp³-hybridized carbons (Fsp3) is 0.214. The first-order valence-electron chi connectivity index (χ1n) is 5.60. The van der Waals surface area contributed by atoms with E-state index in [1.807, 2.05) is 36.5 Å². The maximum Gasteiger partial charge on any atom is 0.0651 e. The van der Waals surface area contributed by atoms with Crippen molar-refractivity contribution in [3.05, 3.63) is 48.3 Å². The van der Waals surface area contributed by atoms with Gasteiger partial charge in [0.2, 0.25) is 0 Å². The SMILES string of the molecule is OCCCC#Cc1cnn(-c2ccccc2)c1. The van der Waals surface area contributed by atoms with Crippen molar-refractivity contribution in [3.63, 3.8) is 0 Å². The molecule has 2 aromatic rings. The smallest absolute Gasteiger partial charge is 0.0651 e. The molecular formula is C14H14N2O. The lowest BCUT2D eigenvalue weighted by Crippen LogP contribution is -1.92. The van der Waals surface area contributed by atoms with Crippen LogP contribution in [-0.2, 0) is 0 Å². The van der Waals surface area contributed by atoms with Gasteiger partial charge in [-0.2, -0.15) is 5.10 Å². The molecule has 0 saturated carbocycles. The number of rotatable bonds is 3. The Bertz CT molecular complexity index is 520. The summed E-state index contributed by atoms with van der Waals surface area (Å²) in [5.74, 6) is 6.03. The number of nitrogens with zero attached hydrogens (tertiary/aromatic N) is 2. The van der Waals surface area contributed by atoms with Crippen LogP contribution in [0.2, 0.25) is 0 Å². The number of para-hydroxylation sites is 1. The average molecular weight is 226 g/mol.